The monoisotopic (exact) mass is 571 g/mol. The first-order valence-corrected chi connectivity index (χ1v) is 14.9. The van der Waals surface area contributed by atoms with Crippen LogP contribution in [0.3, 0.4) is 0 Å². The van der Waals surface area contributed by atoms with Crippen LogP contribution in [0.2, 0.25) is 0 Å². The molecule has 41 heavy (non-hydrogen) atoms. The van der Waals surface area contributed by atoms with Crippen molar-refractivity contribution in [1.82, 2.24) is 10.2 Å². The maximum atomic E-state index is 12.8. The van der Waals surface area contributed by atoms with E-state index < -0.39 is 16.5 Å². The molecule has 2 unspecified atom stereocenters. The predicted molar refractivity (Wildman–Crippen MR) is 163 cm³/mol. The van der Waals surface area contributed by atoms with E-state index in [0.717, 1.165) is 23.4 Å². The zero-order chi connectivity index (χ0) is 29.2. The summed E-state index contributed by atoms with van der Waals surface area (Å²) in [6.07, 6.45) is 0.618. The number of hydrogen-bond donors (Lipinski definition) is 1. The first-order chi connectivity index (χ1) is 19.8. The fraction of sp³-hybridized carbons (Fsp3) is 0.303. The van der Waals surface area contributed by atoms with E-state index in [9.17, 15) is 13.2 Å². The number of ether oxygens (including phenoxy) is 1. The van der Waals surface area contributed by atoms with Crippen LogP contribution in [0.25, 0.3) is 10.8 Å². The maximum absolute atomic E-state index is 12.8. The van der Waals surface area contributed by atoms with E-state index in [-0.39, 0.29) is 18.4 Å². The van der Waals surface area contributed by atoms with Gasteiger partial charge in [0.05, 0.1) is 19.1 Å². The molecule has 4 aromatic carbocycles. The topological polar surface area (TPSA) is 88.1 Å². The second-order valence-corrected chi connectivity index (χ2v) is 11.1. The summed E-state index contributed by atoms with van der Waals surface area (Å²) in [6, 6.07) is 31.3. The molecule has 0 radical (unpaired) electrons. The zero-order valence-corrected chi connectivity index (χ0v) is 24.6. The van der Waals surface area contributed by atoms with E-state index in [1.165, 1.54) is 10.8 Å². The molecular weight excluding hydrogens is 534 g/mol. The number of rotatable bonds is 8. The summed E-state index contributed by atoms with van der Waals surface area (Å²) in [4.78, 5) is 15.0. The zero-order valence-electron chi connectivity index (χ0n) is 23.7. The maximum Gasteiger partial charge on any atom is 0.311 e. The first-order valence-electron chi connectivity index (χ1n) is 13.8. The van der Waals surface area contributed by atoms with Gasteiger partial charge in [-0.05, 0) is 48.9 Å². The summed E-state index contributed by atoms with van der Waals surface area (Å²) in [5.41, 5.74) is 2.78. The number of carbonyl (C=O) groups is 1. The fourth-order valence-corrected chi connectivity index (χ4v) is 5.11. The smallest absolute Gasteiger partial charge is 0.311 e. The molecule has 1 N–H and O–H groups in total. The third-order valence-corrected chi connectivity index (χ3v) is 7.63. The largest absolute Gasteiger partial charge is 0.493 e. The van der Waals surface area contributed by atoms with Crippen LogP contribution < -0.4 is 10.1 Å². The number of nitrogens with one attached hydrogen (secondary N) is 1. The van der Waals surface area contributed by atoms with Crippen LogP contribution in [-0.2, 0) is 21.8 Å². The van der Waals surface area contributed by atoms with Gasteiger partial charge in [0.15, 0.2) is 0 Å². The molecule has 4 aromatic rings. The minimum Gasteiger partial charge on any atom is -0.493 e. The molecule has 1 amide bonds. The number of fused-ring (bicyclic) bond motifs is 2. The molecule has 1 aliphatic heterocycles. The quantitative estimate of drug-likeness (QED) is 0.261. The van der Waals surface area contributed by atoms with Gasteiger partial charge >= 0.3 is 10.5 Å². The highest BCUT2D eigenvalue weighted by Gasteiger charge is 2.25. The van der Waals surface area contributed by atoms with Gasteiger partial charge in [-0.2, -0.15) is 12.8 Å². The Bertz CT molecular complexity index is 1520. The van der Waals surface area contributed by atoms with Crippen LogP contribution in [0, 0.1) is 0 Å². The lowest BCUT2D eigenvalue weighted by Gasteiger charge is -2.28. The van der Waals surface area contributed by atoms with Crippen LogP contribution in [0.15, 0.2) is 101 Å². The van der Waals surface area contributed by atoms with E-state index in [1.807, 2.05) is 18.2 Å². The molecule has 214 valence electrons. The molecule has 0 aliphatic carbocycles. The highest BCUT2D eigenvalue weighted by atomic mass is 32.2. The van der Waals surface area contributed by atoms with Crippen molar-refractivity contribution in [1.29, 1.82) is 0 Å². The highest BCUT2D eigenvalue weighted by Crippen LogP contribution is 2.33. The number of hydrogen-bond acceptors (Lipinski definition) is 6. The predicted octanol–water partition coefficient (Wildman–Crippen LogP) is 6.50. The number of carbonyl (C=O) groups excluding carboxylic acids is 1. The lowest BCUT2D eigenvalue weighted by atomic mass is 9.97. The third-order valence-electron chi connectivity index (χ3n) is 7.20. The number of nitrogens with zero attached hydrogens (tertiary/aromatic N) is 2. The van der Waals surface area contributed by atoms with E-state index >= 15 is 0 Å². The van der Waals surface area contributed by atoms with Crippen molar-refractivity contribution in [2.75, 3.05) is 13.7 Å². The van der Waals surface area contributed by atoms with Gasteiger partial charge in [0, 0.05) is 24.6 Å². The summed E-state index contributed by atoms with van der Waals surface area (Å²) in [5, 5.41) is 5.66. The van der Waals surface area contributed by atoms with Gasteiger partial charge in [0.1, 0.15) is 11.8 Å². The Balaban J connectivity index is 0.000000322. The molecule has 0 aromatic heterocycles. The van der Waals surface area contributed by atoms with E-state index in [0.29, 0.717) is 24.6 Å². The number of benzene rings is 4. The van der Waals surface area contributed by atoms with Crippen molar-refractivity contribution in [3.63, 3.8) is 0 Å². The Morgan fingerprint density at radius 1 is 0.951 bits per heavy atom. The molecule has 1 heterocycles. The van der Waals surface area contributed by atoms with Crippen LogP contribution in [-0.4, -0.2) is 38.9 Å². The molecule has 1 aliphatic rings. The average molecular weight is 572 g/mol. The van der Waals surface area contributed by atoms with Gasteiger partial charge < -0.3 is 10.1 Å². The van der Waals surface area contributed by atoms with Crippen molar-refractivity contribution in [2.45, 2.75) is 51.4 Å². The Hall–Kier alpha value is -4.01. The van der Waals surface area contributed by atoms with Crippen molar-refractivity contribution in [3.8, 4) is 5.75 Å². The molecule has 7 nitrogen and oxygen atoms in total. The van der Waals surface area contributed by atoms with Crippen molar-refractivity contribution < 1.29 is 17.9 Å². The fourth-order valence-electron chi connectivity index (χ4n) is 4.71. The summed E-state index contributed by atoms with van der Waals surface area (Å²) >= 11 is 0. The number of amides is 1. The molecule has 5 rings (SSSR count). The Labute approximate surface area is 243 Å². The summed E-state index contributed by atoms with van der Waals surface area (Å²) in [6.45, 7) is 5.63. The lowest BCUT2D eigenvalue weighted by molar-refractivity contribution is -0.122. The highest BCUT2D eigenvalue weighted by molar-refractivity contribution is 7.61. The van der Waals surface area contributed by atoms with Gasteiger partial charge in [0.2, 0.25) is 5.91 Å². The molecule has 0 bridgehead atoms. The van der Waals surface area contributed by atoms with Gasteiger partial charge in [0.25, 0.3) is 0 Å². The lowest BCUT2D eigenvalue weighted by Crippen LogP contribution is -2.33. The standard InChI is InChI=1S/C23H29N3O4S.C10H8/c1-16(2)26(3)15-17-9-10-19-20(11-12-30-22(19)13-17)24-23(27)14-21(25-31(28)29)18-7-5-4-6-8-18;1-2-6-10-8-4-3-7-9(10)5-1/h4-10,13,16,20-21H,11-12,14-15H2,1-3H3,(H,24,27);1-8H. The minimum absolute atomic E-state index is 0.0397. The summed E-state index contributed by atoms with van der Waals surface area (Å²) < 4.78 is 31.9. The van der Waals surface area contributed by atoms with E-state index in [1.54, 1.807) is 24.3 Å². The second kappa shape index (κ2) is 14.6. The Kier molecular flexibility index (Phi) is 10.6. The van der Waals surface area contributed by atoms with E-state index in [4.69, 9.17) is 4.74 Å². The first kappa shape index (κ1) is 30.0. The van der Waals surface area contributed by atoms with Crippen molar-refractivity contribution >= 4 is 27.2 Å². The molecule has 0 fully saturated rings. The van der Waals surface area contributed by atoms with Gasteiger partial charge in [-0.1, -0.05) is 91.0 Å². The van der Waals surface area contributed by atoms with Gasteiger partial charge in [-0.25, -0.2) is 0 Å². The summed E-state index contributed by atoms with van der Waals surface area (Å²) in [7, 11) is -0.515. The van der Waals surface area contributed by atoms with Crippen molar-refractivity contribution in [3.05, 3.63) is 114 Å². The van der Waals surface area contributed by atoms with Crippen molar-refractivity contribution in [2.24, 2.45) is 4.36 Å². The van der Waals surface area contributed by atoms with Crippen LogP contribution >= 0.6 is 0 Å². The van der Waals surface area contributed by atoms with Crippen LogP contribution in [0.5, 0.6) is 5.75 Å². The molecule has 0 saturated carbocycles. The van der Waals surface area contributed by atoms with Crippen LogP contribution in [0.1, 0.15) is 55.5 Å². The third kappa shape index (κ3) is 8.74. The molecule has 2 atom stereocenters. The second-order valence-electron chi connectivity index (χ2n) is 10.4. The molecule has 0 saturated heterocycles. The Morgan fingerprint density at radius 3 is 2.15 bits per heavy atom. The molecule has 8 heteroatoms. The molecular formula is C33H37N3O4S. The summed E-state index contributed by atoms with van der Waals surface area (Å²) in [5.74, 6) is 0.542. The average Bonchev–Trinajstić information content (AvgIpc) is 2.97. The van der Waals surface area contributed by atoms with E-state index in [2.05, 4.69) is 90.1 Å². The molecule has 0 spiro atoms. The Morgan fingerprint density at radius 2 is 1.56 bits per heavy atom. The van der Waals surface area contributed by atoms with Crippen LogP contribution in [0.4, 0.5) is 0 Å². The minimum atomic E-state index is -2.60. The SMILES string of the molecule is CC(C)N(C)Cc1ccc2c(c1)OCCC2NC(=O)CC(N=S(=O)=O)c1ccccc1.c1ccc2ccccc2c1. The van der Waals surface area contributed by atoms with Gasteiger partial charge in [-0.3, -0.25) is 9.69 Å². The van der Waals surface area contributed by atoms with Gasteiger partial charge in [-0.15, -0.1) is 0 Å². The normalized spacial score (nSPS) is 14.8.